The Labute approximate surface area is 160 Å². The molecular formula is C20H32O7. The van der Waals surface area contributed by atoms with Crippen LogP contribution in [0.1, 0.15) is 53.9 Å². The predicted molar refractivity (Wildman–Crippen MR) is 96.4 cm³/mol. The maximum Gasteiger partial charge on any atom is 0.308 e. The molecule has 2 fully saturated rings. The van der Waals surface area contributed by atoms with Crippen LogP contribution in [-0.2, 0) is 28.6 Å². The first-order chi connectivity index (χ1) is 12.5. The predicted octanol–water partition coefficient (Wildman–Crippen LogP) is 2.09. The fraction of sp³-hybridized carbons (Fsp3) is 0.850. The summed E-state index contributed by atoms with van der Waals surface area (Å²) < 4.78 is 16.3. The minimum Gasteiger partial charge on any atom is -0.469 e. The third-order valence-electron chi connectivity index (χ3n) is 6.62. The molecule has 0 aromatic heterocycles. The Morgan fingerprint density at radius 2 is 1.78 bits per heavy atom. The van der Waals surface area contributed by atoms with E-state index in [0.29, 0.717) is 19.3 Å². The van der Waals surface area contributed by atoms with Crippen molar-refractivity contribution in [2.75, 3.05) is 7.11 Å². The zero-order valence-electron chi connectivity index (χ0n) is 17.1. The molecular weight excluding hydrogens is 352 g/mol. The summed E-state index contributed by atoms with van der Waals surface area (Å²) in [4.78, 5) is 35.8. The van der Waals surface area contributed by atoms with Gasteiger partial charge in [-0.3, -0.25) is 14.4 Å². The molecule has 7 nitrogen and oxygen atoms in total. The van der Waals surface area contributed by atoms with Gasteiger partial charge in [0.05, 0.1) is 19.1 Å². The maximum absolute atomic E-state index is 12.2. The first-order valence-corrected chi connectivity index (χ1v) is 9.62. The maximum atomic E-state index is 12.2. The van der Waals surface area contributed by atoms with Crippen molar-refractivity contribution in [2.24, 2.45) is 29.6 Å². The molecule has 154 valence electrons. The third kappa shape index (κ3) is 4.45. The summed E-state index contributed by atoms with van der Waals surface area (Å²) in [7, 11) is 1.34. The molecule has 8 atom stereocenters. The number of ether oxygens (including phenoxy) is 3. The van der Waals surface area contributed by atoms with E-state index in [2.05, 4.69) is 0 Å². The Hall–Kier alpha value is -1.63. The van der Waals surface area contributed by atoms with E-state index in [1.165, 1.54) is 21.0 Å². The molecule has 0 bridgehead atoms. The van der Waals surface area contributed by atoms with Gasteiger partial charge in [-0.05, 0) is 31.6 Å². The molecule has 0 aromatic carbocycles. The van der Waals surface area contributed by atoms with Crippen molar-refractivity contribution in [1.82, 2.24) is 0 Å². The van der Waals surface area contributed by atoms with Gasteiger partial charge in [-0.1, -0.05) is 13.8 Å². The Bertz CT molecular complexity index is 589. The number of carbonyl (C=O) groups is 3. The topological polar surface area (TPSA) is 99.1 Å². The van der Waals surface area contributed by atoms with Gasteiger partial charge in [-0.25, -0.2) is 0 Å². The van der Waals surface area contributed by atoms with Crippen LogP contribution < -0.4 is 0 Å². The van der Waals surface area contributed by atoms with Gasteiger partial charge in [0, 0.05) is 32.1 Å². The molecule has 2 rings (SSSR count). The van der Waals surface area contributed by atoms with Crippen LogP contribution in [0.3, 0.4) is 0 Å². The highest BCUT2D eigenvalue weighted by Crippen LogP contribution is 2.53. The summed E-state index contributed by atoms with van der Waals surface area (Å²) in [5.74, 6) is -2.01. The first-order valence-electron chi connectivity index (χ1n) is 9.62. The minimum atomic E-state index is -0.882. The molecule has 0 unspecified atom stereocenters. The number of rotatable bonds is 4. The van der Waals surface area contributed by atoms with Crippen molar-refractivity contribution in [3.8, 4) is 0 Å². The van der Waals surface area contributed by atoms with E-state index in [0.717, 1.165) is 0 Å². The number of hydrogen-bond acceptors (Lipinski definition) is 7. The van der Waals surface area contributed by atoms with E-state index in [1.807, 2.05) is 13.8 Å². The Morgan fingerprint density at radius 3 is 2.30 bits per heavy atom. The molecule has 0 radical (unpaired) electrons. The molecule has 1 N–H and O–H groups in total. The molecule has 2 aliphatic carbocycles. The molecule has 0 amide bonds. The van der Waals surface area contributed by atoms with Crippen molar-refractivity contribution in [3.63, 3.8) is 0 Å². The molecule has 7 heteroatoms. The molecule has 0 aliphatic heterocycles. The number of aliphatic hydroxyl groups excluding tert-OH is 1. The summed E-state index contributed by atoms with van der Waals surface area (Å²) in [5.41, 5.74) is -0.882. The summed E-state index contributed by atoms with van der Waals surface area (Å²) >= 11 is 0. The SMILES string of the molecule is COC(=O)[C@@H](C)[C@H]1C[C@H]2[C@@H](C)[C@@H](O)C[C@H]2[C@](C)(OC(C)=O)C[C@@H]1OC(C)=O. The van der Waals surface area contributed by atoms with Crippen molar-refractivity contribution < 1.29 is 33.7 Å². The van der Waals surface area contributed by atoms with Gasteiger partial charge in [0.1, 0.15) is 11.7 Å². The van der Waals surface area contributed by atoms with Crippen LogP contribution in [0, 0.1) is 29.6 Å². The highest BCUT2D eigenvalue weighted by Gasteiger charge is 2.56. The van der Waals surface area contributed by atoms with Crippen LogP contribution in [0.15, 0.2) is 0 Å². The second kappa shape index (κ2) is 8.17. The van der Waals surface area contributed by atoms with Crippen LogP contribution >= 0.6 is 0 Å². The average Bonchev–Trinajstić information content (AvgIpc) is 2.78. The standard InChI is InChI=1S/C20H32O7/c1-10-14-7-15(11(2)19(24)25-6)18(26-12(3)21)9-20(5,27-13(4)22)16(14)8-17(10)23/h10-11,14-18,23H,7-9H2,1-6H3/t10-,11+,14+,15-,16-,17+,18+,20-/m1/s1. The van der Waals surface area contributed by atoms with E-state index < -0.39 is 35.7 Å². The summed E-state index contributed by atoms with van der Waals surface area (Å²) in [6.45, 7) is 8.29. The molecule has 0 saturated heterocycles. The zero-order chi connectivity index (χ0) is 20.5. The van der Waals surface area contributed by atoms with E-state index in [9.17, 15) is 19.5 Å². The average molecular weight is 384 g/mol. The van der Waals surface area contributed by atoms with Crippen molar-refractivity contribution in [2.45, 2.75) is 71.7 Å². The van der Waals surface area contributed by atoms with Crippen LogP contribution in [0.25, 0.3) is 0 Å². The second-order valence-corrected chi connectivity index (χ2v) is 8.40. The van der Waals surface area contributed by atoms with Gasteiger partial charge >= 0.3 is 17.9 Å². The lowest BCUT2D eigenvalue weighted by Crippen LogP contribution is -2.44. The fourth-order valence-electron chi connectivity index (χ4n) is 5.23. The Kier molecular flexibility index (Phi) is 6.55. The smallest absolute Gasteiger partial charge is 0.308 e. The number of fused-ring (bicyclic) bond motifs is 1. The summed E-state index contributed by atoms with van der Waals surface area (Å²) in [6, 6.07) is 0. The van der Waals surface area contributed by atoms with Gasteiger partial charge in [-0.15, -0.1) is 0 Å². The third-order valence-corrected chi connectivity index (χ3v) is 6.62. The highest BCUT2D eigenvalue weighted by molar-refractivity contribution is 5.72. The lowest BCUT2D eigenvalue weighted by molar-refractivity contribution is -0.172. The molecule has 2 aliphatic rings. The Morgan fingerprint density at radius 1 is 1.15 bits per heavy atom. The molecule has 2 saturated carbocycles. The van der Waals surface area contributed by atoms with E-state index in [1.54, 1.807) is 6.92 Å². The van der Waals surface area contributed by atoms with Crippen molar-refractivity contribution in [1.29, 1.82) is 0 Å². The monoisotopic (exact) mass is 384 g/mol. The van der Waals surface area contributed by atoms with Gasteiger partial charge in [0.15, 0.2) is 0 Å². The first kappa shape index (κ1) is 21.7. The normalized spacial score (nSPS) is 39.7. The van der Waals surface area contributed by atoms with E-state index >= 15 is 0 Å². The van der Waals surface area contributed by atoms with Crippen molar-refractivity contribution >= 4 is 17.9 Å². The van der Waals surface area contributed by atoms with Crippen LogP contribution in [-0.4, -0.2) is 47.9 Å². The zero-order valence-corrected chi connectivity index (χ0v) is 17.1. The summed E-state index contributed by atoms with van der Waals surface area (Å²) in [5, 5.41) is 10.5. The fourth-order valence-corrected chi connectivity index (χ4v) is 5.23. The number of methoxy groups -OCH3 is 1. The lowest BCUT2D eigenvalue weighted by atomic mass is 9.76. The minimum absolute atomic E-state index is 0.00620. The van der Waals surface area contributed by atoms with Gasteiger partial charge in [0.2, 0.25) is 0 Å². The largest absolute Gasteiger partial charge is 0.469 e. The lowest BCUT2D eigenvalue weighted by Gasteiger charge is -2.37. The summed E-state index contributed by atoms with van der Waals surface area (Å²) in [6.07, 6.45) is 0.333. The van der Waals surface area contributed by atoms with Crippen LogP contribution in [0.5, 0.6) is 0 Å². The van der Waals surface area contributed by atoms with E-state index in [4.69, 9.17) is 14.2 Å². The van der Waals surface area contributed by atoms with Gasteiger partial charge in [0.25, 0.3) is 0 Å². The number of hydrogen-bond donors (Lipinski definition) is 1. The molecule has 0 heterocycles. The number of carbonyl (C=O) groups excluding carboxylic acids is 3. The van der Waals surface area contributed by atoms with Crippen LogP contribution in [0.4, 0.5) is 0 Å². The molecule has 27 heavy (non-hydrogen) atoms. The number of esters is 3. The van der Waals surface area contributed by atoms with E-state index in [-0.39, 0.29) is 29.6 Å². The molecule has 0 spiro atoms. The van der Waals surface area contributed by atoms with Gasteiger partial charge < -0.3 is 19.3 Å². The second-order valence-electron chi connectivity index (χ2n) is 8.40. The Balaban J connectivity index is 2.47. The highest BCUT2D eigenvalue weighted by atomic mass is 16.6. The molecule has 0 aromatic rings. The van der Waals surface area contributed by atoms with Crippen molar-refractivity contribution in [3.05, 3.63) is 0 Å². The van der Waals surface area contributed by atoms with Gasteiger partial charge in [-0.2, -0.15) is 0 Å². The van der Waals surface area contributed by atoms with Crippen LogP contribution in [0.2, 0.25) is 0 Å². The quantitative estimate of drug-likeness (QED) is 0.585. The number of aliphatic hydroxyl groups is 1.